The number of amides is 3. The predicted octanol–water partition coefficient (Wildman–Crippen LogP) is 2.95. The van der Waals surface area contributed by atoms with Gasteiger partial charge in [0, 0.05) is 18.7 Å². The van der Waals surface area contributed by atoms with E-state index in [0.29, 0.717) is 13.0 Å². The molecule has 0 saturated heterocycles. The van der Waals surface area contributed by atoms with Crippen molar-refractivity contribution in [2.24, 2.45) is 0 Å². The number of hydrogen-bond acceptors (Lipinski definition) is 7. The lowest BCUT2D eigenvalue weighted by Gasteiger charge is -2.12. The zero-order valence-corrected chi connectivity index (χ0v) is 16.2. The lowest BCUT2D eigenvalue weighted by Crippen LogP contribution is -2.44. The Kier molecular flexibility index (Phi) is 7.86. The quantitative estimate of drug-likeness (QED) is 0.405. The van der Waals surface area contributed by atoms with Gasteiger partial charge in [-0.05, 0) is 32.4 Å². The van der Waals surface area contributed by atoms with E-state index in [1.807, 2.05) is 24.3 Å². The van der Waals surface area contributed by atoms with Crippen LogP contribution in [0.15, 0.2) is 28.6 Å². The lowest BCUT2D eigenvalue weighted by atomic mass is 10.3. The first-order valence-corrected chi connectivity index (χ1v) is 10.1. The van der Waals surface area contributed by atoms with Gasteiger partial charge in [0.05, 0.1) is 10.2 Å². The minimum absolute atomic E-state index is 0.205. The number of carbonyl (C=O) groups is 3. The smallest absolute Gasteiger partial charge is 0.321 e. The molecule has 0 radical (unpaired) electrons. The second-order valence-corrected chi connectivity index (χ2v) is 7.75. The fraction of sp³-hybridized carbons (Fsp3) is 0.412. The summed E-state index contributed by atoms with van der Waals surface area (Å²) in [6.45, 7) is 3.57. The van der Waals surface area contributed by atoms with E-state index in [9.17, 15) is 14.4 Å². The van der Waals surface area contributed by atoms with Gasteiger partial charge in [0.15, 0.2) is 10.4 Å². The molecule has 0 fully saturated rings. The van der Waals surface area contributed by atoms with E-state index in [-0.39, 0.29) is 6.42 Å². The third-order valence-corrected chi connectivity index (χ3v) is 5.54. The number of hydrogen-bond donors (Lipinski definition) is 2. The number of nitrogens with one attached hydrogen (secondary N) is 2. The Labute approximate surface area is 159 Å². The van der Waals surface area contributed by atoms with Gasteiger partial charge in [-0.25, -0.2) is 9.78 Å². The van der Waals surface area contributed by atoms with E-state index < -0.39 is 24.0 Å². The highest BCUT2D eigenvalue weighted by Crippen LogP contribution is 2.29. The normalized spacial score (nSPS) is 11.8. The Bertz CT molecular complexity index is 745. The molecule has 26 heavy (non-hydrogen) atoms. The summed E-state index contributed by atoms with van der Waals surface area (Å²) in [6, 6.07) is 7.33. The summed E-state index contributed by atoms with van der Waals surface area (Å²) in [7, 11) is 0. The molecule has 9 heteroatoms. The van der Waals surface area contributed by atoms with Crippen molar-refractivity contribution in [1.29, 1.82) is 0 Å². The average Bonchev–Trinajstić information content (AvgIpc) is 3.01. The fourth-order valence-corrected chi connectivity index (χ4v) is 4.09. The zero-order valence-electron chi connectivity index (χ0n) is 14.6. The number of urea groups is 1. The summed E-state index contributed by atoms with van der Waals surface area (Å²) in [4.78, 5) is 39.3. The molecule has 7 nitrogen and oxygen atoms in total. The number of rotatable bonds is 8. The summed E-state index contributed by atoms with van der Waals surface area (Å²) < 4.78 is 7.15. The minimum Gasteiger partial charge on any atom is -0.453 e. The highest BCUT2D eigenvalue weighted by molar-refractivity contribution is 8.01. The first-order valence-electron chi connectivity index (χ1n) is 8.26. The maximum Gasteiger partial charge on any atom is 0.321 e. The number of ether oxygens (including phenoxy) is 1. The van der Waals surface area contributed by atoms with Crippen molar-refractivity contribution in [3.8, 4) is 0 Å². The molecule has 0 spiro atoms. The highest BCUT2D eigenvalue weighted by atomic mass is 32.2. The van der Waals surface area contributed by atoms with E-state index in [1.54, 1.807) is 30.0 Å². The lowest BCUT2D eigenvalue weighted by molar-refractivity contribution is -0.154. The van der Waals surface area contributed by atoms with Crippen molar-refractivity contribution in [1.82, 2.24) is 15.6 Å². The maximum absolute atomic E-state index is 11.8. The number of fused-ring (bicyclic) bond motifs is 1. The second-order valence-electron chi connectivity index (χ2n) is 5.38. The molecule has 0 aliphatic heterocycles. The van der Waals surface area contributed by atoms with Gasteiger partial charge < -0.3 is 10.1 Å². The Morgan fingerprint density at radius 2 is 2.08 bits per heavy atom. The molecule has 1 atom stereocenters. The molecular weight excluding hydrogens is 374 g/mol. The molecule has 2 N–H and O–H groups in total. The van der Waals surface area contributed by atoms with E-state index in [2.05, 4.69) is 15.6 Å². The fourth-order valence-electron chi connectivity index (χ4n) is 2.02. The molecule has 2 rings (SSSR count). The molecule has 0 saturated carbocycles. The first-order chi connectivity index (χ1) is 12.5. The Balaban J connectivity index is 1.66. The van der Waals surface area contributed by atoms with Crippen molar-refractivity contribution in [3.05, 3.63) is 24.3 Å². The summed E-state index contributed by atoms with van der Waals surface area (Å²) >= 11 is 3.22. The van der Waals surface area contributed by atoms with Gasteiger partial charge in [0.25, 0.3) is 5.91 Å². The standard InChI is InChI=1S/C17H21N3O4S2/c1-3-18-16(23)20-15(22)11(2)24-14(21)9-6-10-25-17-19-12-7-4-5-8-13(12)26-17/h4-5,7-8,11H,3,6,9-10H2,1-2H3,(H2,18,20,22,23)/t11-/m0/s1. The minimum atomic E-state index is -1.01. The first kappa shape index (κ1) is 20.2. The number of benzene rings is 1. The molecule has 3 amide bonds. The Morgan fingerprint density at radius 1 is 1.31 bits per heavy atom. The maximum atomic E-state index is 11.8. The summed E-state index contributed by atoms with van der Waals surface area (Å²) in [6.07, 6.45) is -0.192. The molecule has 1 aromatic carbocycles. The van der Waals surface area contributed by atoms with E-state index >= 15 is 0 Å². The number of imide groups is 1. The van der Waals surface area contributed by atoms with Crippen molar-refractivity contribution in [2.75, 3.05) is 12.3 Å². The van der Waals surface area contributed by atoms with Crippen LogP contribution in [0.5, 0.6) is 0 Å². The Hall–Kier alpha value is -2.13. The molecule has 0 aliphatic rings. The van der Waals surface area contributed by atoms with Crippen molar-refractivity contribution in [2.45, 2.75) is 37.1 Å². The number of esters is 1. The van der Waals surface area contributed by atoms with Crippen molar-refractivity contribution < 1.29 is 19.1 Å². The number of aromatic nitrogens is 1. The van der Waals surface area contributed by atoms with Gasteiger partial charge >= 0.3 is 12.0 Å². The van der Waals surface area contributed by atoms with Crippen molar-refractivity contribution in [3.63, 3.8) is 0 Å². The number of thioether (sulfide) groups is 1. The van der Waals surface area contributed by atoms with Crippen LogP contribution in [0.1, 0.15) is 26.7 Å². The second kappa shape index (κ2) is 10.1. The topological polar surface area (TPSA) is 97.4 Å². The number of carbonyl (C=O) groups excluding carboxylic acids is 3. The van der Waals surface area contributed by atoms with Crippen LogP contribution in [0.4, 0.5) is 4.79 Å². The van der Waals surface area contributed by atoms with Gasteiger partial charge in [-0.1, -0.05) is 23.9 Å². The van der Waals surface area contributed by atoms with Gasteiger partial charge in [-0.2, -0.15) is 0 Å². The van der Waals surface area contributed by atoms with Crippen LogP contribution < -0.4 is 10.6 Å². The van der Waals surface area contributed by atoms with E-state index in [1.165, 1.54) is 6.92 Å². The molecule has 0 bridgehead atoms. The van der Waals surface area contributed by atoms with Crippen LogP contribution in [-0.2, 0) is 14.3 Å². The third kappa shape index (κ3) is 6.30. The molecule has 0 unspecified atom stereocenters. The summed E-state index contributed by atoms with van der Waals surface area (Å²) in [5, 5.41) is 4.54. The molecule has 0 aliphatic carbocycles. The van der Waals surface area contributed by atoms with Crippen LogP contribution in [0, 0.1) is 0 Å². The van der Waals surface area contributed by atoms with Crippen molar-refractivity contribution >= 4 is 51.2 Å². The van der Waals surface area contributed by atoms with E-state index in [0.717, 1.165) is 20.3 Å². The summed E-state index contributed by atoms with van der Waals surface area (Å²) in [5.41, 5.74) is 0.978. The van der Waals surface area contributed by atoms with Crippen LogP contribution in [-0.4, -0.2) is 41.3 Å². The average molecular weight is 396 g/mol. The number of nitrogens with zero attached hydrogens (tertiary/aromatic N) is 1. The van der Waals surface area contributed by atoms with E-state index in [4.69, 9.17) is 4.74 Å². The predicted molar refractivity (Wildman–Crippen MR) is 102 cm³/mol. The highest BCUT2D eigenvalue weighted by Gasteiger charge is 2.19. The van der Waals surface area contributed by atoms with Crippen LogP contribution >= 0.6 is 23.1 Å². The molecule has 2 aromatic rings. The molecule has 140 valence electrons. The Morgan fingerprint density at radius 3 is 2.81 bits per heavy atom. The zero-order chi connectivity index (χ0) is 18.9. The molecular formula is C17H21N3O4S2. The van der Waals surface area contributed by atoms with Crippen LogP contribution in [0.3, 0.4) is 0 Å². The third-order valence-electron chi connectivity index (χ3n) is 3.28. The van der Waals surface area contributed by atoms with Crippen LogP contribution in [0.2, 0.25) is 0 Å². The van der Waals surface area contributed by atoms with Gasteiger partial charge in [0.1, 0.15) is 0 Å². The molecule has 1 heterocycles. The number of para-hydroxylation sites is 1. The van der Waals surface area contributed by atoms with Gasteiger partial charge in [0.2, 0.25) is 0 Å². The van der Waals surface area contributed by atoms with Gasteiger partial charge in [-0.3, -0.25) is 14.9 Å². The monoisotopic (exact) mass is 395 g/mol. The number of thiazole rings is 1. The molecule has 1 aromatic heterocycles. The summed E-state index contributed by atoms with van der Waals surface area (Å²) in [5.74, 6) is -0.379. The van der Waals surface area contributed by atoms with Crippen LogP contribution in [0.25, 0.3) is 10.2 Å². The van der Waals surface area contributed by atoms with Gasteiger partial charge in [-0.15, -0.1) is 11.3 Å². The largest absolute Gasteiger partial charge is 0.453 e. The SMILES string of the molecule is CCNC(=O)NC(=O)[C@H](C)OC(=O)CCCSc1nc2ccccc2s1.